The molecule has 0 atom stereocenters. The van der Waals surface area contributed by atoms with Gasteiger partial charge >= 0.3 is 0 Å². The lowest BCUT2D eigenvalue weighted by Crippen LogP contribution is -2.32. The van der Waals surface area contributed by atoms with Crippen molar-refractivity contribution in [2.24, 2.45) is 0 Å². The van der Waals surface area contributed by atoms with Crippen LogP contribution in [0.4, 0.5) is 4.39 Å². The summed E-state index contributed by atoms with van der Waals surface area (Å²) in [6.45, 7) is 0.312. The first-order chi connectivity index (χ1) is 11.0. The summed E-state index contributed by atoms with van der Waals surface area (Å²) in [6.07, 6.45) is 1.79. The maximum Gasteiger partial charge on any atom is 0.240 e. The second-order valence-corrected chi connectivity index (χ2v) is 7.55. The number of halogens is 1. The van der Waals surface area contributed by atoms with Gasteiger partial charge in [-0.3, -0.25) is 0 Å². The number of hydrogen-bond donors (Lipinski definition) is 1. The number of hydrogen-bond acceptors (Lipinski definition) is 3. The van der Waals surface area contributed by atoms with Crippen LogP contribution in [-0.4, -0.2) is 22.1 Å². The van der Waals surface area contributed by atoms with Gasteiger partial charge in [-0.15, -0.1) is 0 Å². The topological polar surface area (TPSA) is 55.4 Å². The predicted octanol–water partition coefficient (Wildman–Crippen LogP) is 2.84. The lowest BCUT2D eigenvalue weighted by Gasteiger charge is -2.17. The first-order valence-corrected chi connectivity index (χ1v) is 8.83. The Bertz CT molecular complexity index is 782. The summed E-state index contributed by atoms with van der Waals surface area (Å²) in [5.41, 5.74) is 0.754. The van der Waals surface area contributed by atoms with E-state index >= 15 is 0 Å². The Morgan fingerprint density at radius 1 is 1.09 bits per heavy atom. The normalized spacial score (nSPS) is 16.1. The Balaban J connectivity index is 1.72. The van der Waals surface area contributed by atoms with Crippen molar-refractivity contribution in [3.63, 3.8) is 0 Å². The molecule has 1 N–H and O–H groups in total. The number of nitrogens with one attached hydrogen (secondary N) is 1. The standard InChI is InChI=1S/C17H18FNO3S/c1-22-15-6-8-16(9-7-15)23(20,21)19-12-17(10-11-17)13-2-4-14(18)5-3-13/h2-9,19H,10-12H2,1H3. The van der Waals surface area contributed by atoms with E-state index in [0.29, 0.717) is 12.3 Å². The monoisotopic (exact) mass is 335 g/mol. The Hall–Kier alpha value is -1.92. The second kappa shape index (κ2) is 5.94. The van der Waals surface area contributed by atoms with Crippen molar-refractivity contribution in [2.75, 3.05) is 13.7 Å². The third-order valence-electron chi connectivity index (χ3n) is 4.28. The van der Waals surface area contributed by atoms with Gasteiger partial charge in [-0.05, 0) is 54.8 Å². The number of ether oxygens (including phenoxy) is 1. The summed E-state index contributed by atoms with van der Waals surface area (Å²) in [4.78, 5) is 0.202. The molecule has 0 amide bonds. The van der Waals surface area contributed by atoms with Gasteiger partial charge in [-0.2, -0.15) is 0 Å². The minimum absolute atomic E-state index is 0.202. The molecule has 0 saturated heterocycles. The zero-order valence-corrected chi connectivity index (χ0v) is 13.6. The summed E-state index contributed by atoms with van der Waals surface area (Å²) in [5, 5.41) is 0. The average Bonchev–Trinajstić information content (AvgIpc) is 3.35. The summed E-state index contributed by atoms with van der Waals surface area (Å²) < 4.78 is 45.5. The molecule has 0 unspecified atom stereocenters. The van der Waals surface area contributed by atoms with E-state index in [1.807, 2.05) is 0 Å². The summed E-state index contributed by atoms with van der Waals surface area (Å²) in [7, 11) is -2.05. The third kappa shape index (κ3) is 3.38. The van der Waals surface area contributed by atoms with E-state index in [1.165, 1.54) is 31.4 Å². The highest BCUT2D eigenvalue weighted by molar-refractivity contribution is 7.89. The zero-order valence-electron chi connectivity index (χ0n) is 12.8. The maximum atomic E-state index is 13.0. The van der Waals surface area contributed by atoms with Gasteiger partial charge in [-0.1, -0.05) is 12.1 Å². The smallest absolute Gasteiger partial charge is 0.240 e. The number of rotatable bonds is 6. The molecule has 1 saturated carbocycles. The quantitative estimate of drug-likeness (QED) is 0.883. The summed E-state index contributed by atoms with van der Waals surface area (Å²) in [6, 6.07) is 12.5. The Kier molecular flexibility index (Phi) is 4.12. The largest absolute Gasteiger partial charge is 0.497 e. The van der Waals surface area contributed by atoms with Gasteiger partial charge in [0, 0.05) is 12.0 Å². The number of methoxy groups -OCH3 is 1. The molecule has 1 aliphatic rings. The van der Waals surface area contributed by atoms with Crippen LogP contribution >= 0.6 is 0 Å². The molecule has 2 aromatic carbocycles. The van der Waals surface area contributed by atoms with Crippen molar-refractivity contribution in [1.82, 2.24) is 4.72 Å². The lowest BCUT2D eigenvalue weighted by molar-refractivity contribution is 0.414. The van der Waals surface area contributed by atoms with Crippen LogP contribution in [0, 0.1) is 5.82 Å². The summed E-state index contributed by atoms with van der Waals surface area (Å²) in [5.74, 6) is 0.317. The highest BCUT2D eigenvalue weighted by Gasteiger charge is 2.44. The van der Waals surface area contributed by atoms with Crippen LogP contribution in [0.15, 0.2) is 53.4 Å². The van der Waals surface area contributed by atoms with Gasteiger partial charge < -0.3 is 4.74 Å². The van der Waals surface area contributed by atoms with Gasteiger partial charge in [0.05, 0.1) is 12.0 Å². The van der Waals surface area contributed by atoms with Gasteiger partial charge in [0.15, 0.2) is 0 Å². The van der Waals surface area contributed by atoms with Crippen LogP contribution in [0.3, 0.4) is 0 Å². The van der Waals surface area contributed by atoms with Crippen molar-refractivity contribution in [1.29, 1.82) is 0 Å². The van der Waals surface area contributed by atoms with Crippen molar-refractivity contribution in [3.05, 3.63) is 59.9 Å². The lowest BCUT2D eigenvalue weighted by atomic mass is 9.96. The molecule has 0 spiro atoms. The van der Waals surface area contributed by atoms with Crippen LogP contribution in [0.25, 0.3) is 0 Å². The molecule has 0 radical (unpaired) electrons. The zero-order chi connectivity index (χ0) is 16.5. The van der Waals surface area contributed by atoms with Crippen LogP contribution in [0.2, 0.25) is 0 Å². The molecule has 23 heavy (non-hydrogen) atoms. The molecule has 3 rings (SSSR count). The van der Waals surface area contributed by atoms with E-state index in [-0.39, 0.29) is 16.1 Å². The molecule has 0 heterocycles. The highest BCUT2D eigenvalue weighted by Crippen LogP contribution is 2.47. The van der Waals surface area contributed by atoms with Crippen LogP contribution < -0.4 is 9.46 Å². The molecule has 0 aliphatic heterocycles. The maximum absolute atomic E-state index is 13.0. The van der Waals surface area contributed by atoms with Crippen LogP contribution in [0.5, 0.6) is 5.75 Å². The Labute approximate surface area is 135 Å². The average molecular weight is 335 g/mol. The van der Waals surface area contributed by atoms with E-state index in [9.17, 15) is 12.8 Å². The first kappa shape index (κ1) is 16.0. The van der Waals surface area contributed by atoms with E-state index < -0.39 is 10.0 Å². The van der Waals surface area contributed by atoms with Crippen molar-refractivity contribution < 1.29 is 17.5 Å². The summed E-state index contributed by atoms with van der Waals surface area (Å²) >= 11 is 0. The molecular weight excluding hydrogens is 317 g/mol. The van der Waals surface area contributed by atoms with E-state index in [4.69, 9.17) is 4.74 Å². The van der Waals surface area contributed by atoms with Crippen molar-refractivity contribution >= 4 is 10.0 Å². The van der Waals surface area contributed by atoms with Gasteiger partial charge in [0.2, 0.25) is 10.0 Å². The molecule has 1 aliphatic carbocycles. The van der Waals surface area contributed by atoms with Crippen molar-refractivity contribution in [3.8, 4) is 5.75 Å². The highest BCUT2D eigenvalue weighted by atomic mass is 32.2. The fraction of sp³-hybridized carbons (Fsp3) is 0.294. The fourth-order valence-electron chi connectivity index (χ4n) is 2.59. The fourth-order valence-corrected chi connectivity index (χ4v) is 3.72. The molecule has 122 valence electrons. The molecule has 4 nitrogen and oxygen atoms in total. The van der Waals surface area contributed by atoms with Gasteiger partial charge in [0.25, 0.3) is 0 Å². The van der Waals surface area contributed by atoms with Crippen molar-refractivity contribution in [2.45, 2.75) is 23.2 Å². The van der Waals surface area contributed by atoms with Crippen LogP contribution in [-0.2, 0) is 15.4 Å². The third-order valence-corrected chi connectivity index (χ3v) is 5.70. The molecule has 2 aromatic rings. The van der Waals surface area contributed by atoms with E-state index in [1.54, 1.807) is 24.3 Å². The SMILES string of the molecule is COc1ccc(S(=O)(=O)NCC2(c3ccc(F)cc3)CC2)cc1. The van der Waals surface area contributed by atoms with Gasteiger partial charge in [0.1, 0.15) is 11.6 Å². The van der Waals surface area contributed by atoms with E-state index in [2.05, 4.69) is 4.72 Å². The minimum atomic E-state index is -3.57. The molecule has 0 aromatic heterocycles. The predicted molar refractivity (Wildman–Crippen MR) is 85.5 cm³/mol. The number of sulfonamides is 1. The Morgan fingerprint density at radius 2 is 1.70 bits per heavy atom. The molecule has 1 fully saturated rings. The molecular formula is C17H18FNO3S. The first-order valence-electron chi connectivity index (χ1n) is 7.35. The minimum Gasteiger partial charge on any atom is -0.497 e. The Morgan fingerprint density at radius 3 is 2.22 bits per heavy atom. The van der Waals surface area contributed by atoms with Crippen LogP contribution in [0.1, 0.15) is 18.4 Å². The molecule has 6 heteroatoms. The molecule has 0 bridgehead atoms. The van der Waals surface area contributed by atoms with Gasteiger partial charge in [-0.25, -0.2) is 17.5 Å². The number of benzene rings is 2. The van der Waals surface area contributed by atoms with E-state index in [0.717, 1.165) is 18.4 Å². The second-order valence-electron chi connectivity index (χ2n) is 5.79.